The van der Waals surface area contributed by atoms with E-state index >= 15 is 0 Å². The number of hydrogen-bond donors (Lipinski definition) is 2. The van der Waals surface area contributed by atoms with Gasteiger partial charge in [-0.3, -0.25) is 0 Å². The number of furan rings is 1. The van der Waals surface area contributed by atoms with Gasteiger partial charge < -0.3 is 14.7 Å². The summed E-state index contributed by atoms with van der Waals surface area (Å²) >= 11 is 0. The molecule has 2 N–H and O–H groups in total. The number of aromatic nitrogens is 1. The Morgan fingerprint density at radius 3 is 2.10 bits per heavy atom. The molecule has 0 saturated heterocycles. The number of fused-ring (bicyclic) bond motifs is 3. The summed E-state index contributed by atoms with van der Waals surface area (Å²) in [4.78, 5) is 3.51. The van der Waals surface area contributed by atoms with E-state index in [9.17, 15) is 0 Å². The zero-order valence-corrected chi connectivity index (χ0v) is 26.0. The quantitative estimate of drug-likeness (QED) is 0.224. The van der Waals surface area contributed by atoms with Gasteiger partial charge in [0.2, 0.25) is 0 Å². The molecule has 212 valence electrons. The van der Waals surface area contributed by atoms with Crippen molar-refractivity contribution >= 4 is 21.9 Å². The summed E-state index contributed by atoms with van der Waals surface area (Å²) in [5, 5.41) is 6.08. The first kappa shape index (κ1) is 31.0. The van der Waals surface area contributed by atoms with Crippen LogP contribution in [0.15, 0.2) is 82.8 Å². The standard InChI is InChI=1S/C30H28N2O.C3H8.2C2H6/c1-18-15-27(31-17-18)28-22(12-13-25-24-10-6-7-19(2)29(24)33-30(25)28)16-21-8-4-5-9-23(21)26-14-11-20(3)32-26;1-3-2;2*1-2/h4-15,27,31-32H,16-17H2,1-3H3;3H2,1-2H3;2*1-2H3. The molecule has 3 heterocycles. The topological polar surface area (TPSA) is 41.0 Å². The summed E-state index contributed by atoms with van der Waals surface area (Å²) in [6.45, 7) is 19.6. The molecule has 3 heteroatoms. The molecule has 40 heavy (non-hydrogen) atoms. The van der Waals surface area contributed by atoms with Crippen LogP contribution in [0.3, 0.4) is 0 Å². The SMILES string of the molecule is CC.CC.CC1=CC(c2c(Cc3ccccc3-c3ccc(C)[nH]3)ccc3c2oc2c(C)cccc23)NC1.CCC. The van der Waals surface area contributed by atoms with Gasteiger partial charge in [-0.2, -0.15) is 0 Å². The third-order valence-electron chi connectivity index (χ3n) is 6.88. The first-order valence-electron chi connectivity index (χ1n) is 15.1. The van der Waals surface area contributed by atoms with Crippen molar-refractivity contribution in [3.8, 4) is 11.3 Å². The van der Waals surface area contributed by atoms with Gasteiger partial charge in [-0.1, -0.05) is 114 Å². The molecule has 3 aromatic carbocycles. The summed E-state index contributed by atoms with van der Waals surface area (Å²) < 4.78 is 6.58. The highest BCUT2D eigenvalue weighted by Crippen LogP contribution is 2.39. The van der Waals surface area contributed by atoms with Gasteiger partial charge in [0.15, 0.2) is 0 Å². The molecular formula is C37H48N2O. The van der Waals surface area contributed by atoms with E-state index in [4.69, 9.17) is 4.42 Å². The van der Waals surface area contributed by atoms with E-state index in [-0.39, 0.29) is 6.04 Å². The second-order valence-electron chi connectivity index (χ2n) is 10.0. The number of benzene rings is 3. The van der Waals surface area contributed by atoms with Gasteiger partial charge in [0.1, 0.15) is 11.2 Å². The van der Waals surface area contributed by atoms with E-state index in [1.165, 1.54) is 62.0 Å². The Morgan fingerprint density at radius 1 is 0.750 bits per heavy atom. The average molecular weight is 537 g/mol. The van der Waals surface area contributed by atoms with Crippen LogP contribution in [-0.4, -0.2) is 11.5 Å². The Balaban J connectivity index is 0.000000581. The van der Waals surface area contributed by atoms with Crippen LogP contribution >= 0.6 is 0 Å². The lowest BCUT2D eigenvalue weighted by molar-refractivity contribution is 0.638. The summed E-state index contributed by atoms with van der Waals surface area (Å²) in [7, 11) is 0. The molecule has 0 fully saturated rings. The molecule has 0 spiro atoms. The normalized spacial score (nSPS) is 14.0. The number of aromatic amines is 1. The molecule has 6 rings (SSSR count). The Hall–Kier alpha value is -3.56. The Morgan fingerprint density at radius 2 is 1.45 bits per heavy atom. The molecule has 1 aliphatic heterocycles. The van der Waals surface area contributed by atoms with Crippen LogP contribution in [0.1, 0.15) is 88.9 Å². The summed E-state index contributed by atoms with van der Waals surface area (Å²) in [5.74, 6) is 0. The van der Waals surface area contributed by atoms with Crippen LogP contribution < -0.4 is 5.32 Å². The molecular weight excluding hydrogens is 488 g/mol. The third-order valence-corrected chi connectivity index (χ3v) is 6.88. The highest BCUT2D eigenvalue weighted by molar-refractivity contribution is 6.07. The summed E-state index contributed by atoms with van der Waals surface area (Å²) in [6.07, 6.45) is 4.44. The highest BCUT2D eigenvalue weighted by atomic mass is 16.3. The van der Waals surface area contributed by atoms with Crippen LogP contribution in [0.25, 0.3) is 33.2 Å². The highest BCUT2D eigenvalue weighted by Gasteiger charge is 2.24. The van der Waals surface area contributed by atoms with Crippen molar-refractivity contribution in [2.75, 3.05) is 6.54 Å². The zero-order chi connectivity index (χ0) is 29.2. The van der Waals surface area contributed by atoms with Gasteiger partial charge in [0, 0.05) is 39.8 Å². The van der Waals surface area contributed by atoms with E-state index in [0.29, 0.717) is 0 Å². The van der Waals surface area contributed by atoms with Crippen LogP contribution in [-0.2, 0) is 6.42 Å². The van der Waals surface area contributed by atoms with E-state index in [0.717, 1.165) is 24.1 Å². The molecule has 0 aliphatic carbocycles. The molecule has 0 radical (unpaired) electrons. The number of rotatable bonds is 4. The number of nitrogens with one attached hydrogen (secondary N) is 2. The Kier molecular flexibility index (Phi) is 11.4. The van der Waals surface area contributed by atoms with Gasteiger partial charge in [-0.15, -0.1) is 0 Å². The minimum absolute atomic E-state index is 0.157. The molecule has 5 aromatic rings. The van der Waals surface area contributed by atoms with Crippen LogP contribution in [0.2, 0.25) is 0 Å². The molecule has 0 saturated carbocycles. The van der Waals surface area contributed by atoms with Gasteiger partial charge in [-0.05, 0) is 56.0 Å². The maximum absolute atomic E-state index is 6.58. The Bertz CT molecular complexity index is 1550. The van der Waals surface area contributed by atoms with Crippen LogP contribution in [0, 0.1) is 13.8 Å². The molecule has 1 atom stereocenters. The van der Waals surface area contributed by atoms with Crippen LogP contribution in [0.5, 0.6) is 0 Å². The monoisotopic (exact) mass is 536 g/mol. The van der Waals surface area contributed by atoms with E-state index in [1.54, 1.807) is 0 Å². The third kappa shape index (κ3) is 6.59. The first-order valence-corrected chi connectivity index (χ1v) is 15.1. The fraction of sp³-hybridized carbons (Fsp3) is 0.351. The zero-order valence-electron chi connectivity index (χ0n) is 26.0. The molecule has 1 aliphatic rings. The van der Waals surface area contributed by atoms with E-state index < -0.39 is 0 Å². The average Bonchev–Trinajstić information content (AvgIpc) is 3.70. The first-order chi connectivity index (χ1) is 19.5. The number of para-hydroxylation sites is 1. The maximum Gasteiger partial charge on any atom is 0.140 e. The summed E-state index contributed by atoms with van der Waals surface area (Å²) in [6, 6.07) is 24.1. The van der Waals surface area contributed by atoms with E-state index in [1.807, 2.05) is 27.7 Å². The predicted molar refractivity (Wildman–Crippen MR) is 175 cm³/mol. The lowest BCUT2D eigenvalue weighted by atomic mass is 9.91. The van der Waals surface area contributed by atoms with Gasteiger partial charge in [0.25, 0.3) is 0 Å². The smallest absolute Gasteiger partial charge is 0.140 e. The van der Waals surface area contributed by atoms with Crippen molar-refractivity contribution in [1.82, 2.24) is 10.3 Å². The van der Waals surface area contributed by atoms with Crippen molar-refractivity contribution in [2.45, 2.75) is 81.2 Å². The van der Waals surface area contributed by atoms with Crippen molar-refractivity contribution < 1.29 is 4.42 Å². The summed E-state index contributed by atoms with van der Waals surface area (Å²) in [5.41, 5.74) is 12.0. The molecule has 0 amide bonds. The largest absolute Gasteiger partial charge is 0.455 e. The number of aryl methyl sites for hydroxylation is 2. The molecule has 2 aromatic heterocycles. The minimum atomic E-state index is 0.157. The number of hydrogen-bond acceptors (Lipinski definition) is 2. The fourth-order valence-electron chi connectivity index (χ4n) is 5.22. The maximum atomic E-state index is 6.58. The lowest BCUT2D eigenvalue weighted by Crippen LogP contribution is -2.16. The van der Waals surface area contributed by atoms with Crippen LogP contribution in [0.4, 0.5) is 0 Å². The lowest BCUT2D eigenvalue weighted by Gasteiger charge is -2.17. The second kappa shape index (κ2) is 14.7. The number of H-pyrrole nitrogens is 1. The fourth-order valence-corrected chi connectivity index (χ4v) is 5.22. The van der Waals surface area contributed by atoms with E-state index in [2.05, 4.69) is 118 Å². The van der Waals surface area contributed by atoms with Gasteiger partial charge in [-0.25, -0.2) is 0 Å². The molecule has 1 unspecified atom stereocenters. The second-order valence-corrected chi connectivity index (χ2v) is 10.0. The van der Waals surface area contributed by atoms with Crippen molar-refractivity contribution in [3.63, 3.8) is 0 Å². The molecule has 0 bridgehead atoms. The Labute approximate surface area is 241 Å². The predicted octanol–water partition coefficient (Wildman–Crippen LogP) is 10.8. The van der Waals surface area contributed by atoms with Gasteiger partial charge >= 0.3 is 0 Å². The van der Waals surface area contributed by atoms with Gasteiger partial charge in [0.05, 0.1) is 6.04 Å². The molecule has 3 nitrogen and oxygen atoms in total. The van der Waals surface area contributed by atoms with Crippen molar-refractivity contribution in [1.29, 1.82) is 0 Å². The van der Waals surface area contributed by atoms with Crippen molar-refractivity contribution in [3.05, 3.63) is 106 Å². The van der Waals surface area contributed by atoms with Crippen molar-refractivity contribution in [2.24, 2.45) is 0 Å². The minimum Gasteiger partial charge on any atom is -0.455 e.